The molecule has 0 saturated heterocycles. The largest absolute Gasteiger partial charge is 0.366 e. The Kier molecular flexibility index (Phi) is 4.75. The van der Waals surface area contributed by atoms with E-state index in [0.29, 0.717) is 16.4 Å². The van der Waals surface area contributed by atoms with Gasteiger partial charge in [0, 0.05) is 25.1 Å². The smallest absolute Gasteiger partial charge is 0.250 e. The van der Waals surface area contributed by atoms with Crippen LogP contribution < -0.4 is 10.6 Å². The van der Waals surface area contributed by atoms with Gasteiger partial charge in [-0.2, -0.15) is 0 Å². The summed E-state index contributed by atoms with van der Waals surface area (Å²) in [5, 5.41) is 0.406. The van der Waals surface area contributed by atoms with Crippen LogP contribution in [0.15, 0.2) is 36.8 Å². The summed E-state index contributed by atoms with van der Waals surface area (Å²) < 4.78 is 0. The molecule has 0 aliphatic carbocycles. The van der Waals surface area contributed by atoms with E-state index >= 15 is 0 Å². The maximum atomic E-state index is 11.2. The highest BCUT2D eigenvalue weighted by molar-refractivity contribution is 6.33. The lowest BCUT2D eigenvalue weighted by atomic mass is 10.1. The fourth-order valence-corrected chi connectivity index (χ4v) is 2.46. The van der Waals surface area contributed by atoms with Crippen LogP contribution in [0.2, 0.25) is 5.02 Å². The van der Waals surface area contributed by atoms with Crippen LogP contribution >= 0.6 is 11.6 Å². The molecule has 2 heterocycles. The van der Waals surface area contributed by atoms with Crippen molar-refractivity contribution in [3.8, 4) is 0 Å². The Morgan fingerprint density at radius 1 is 1.48 bits per heavy atom. The normalized spacial score (nSPS) is 12.0. The van der Waals surface area contributed by atoms with Gasteiger partial charge in [-0.05, 0) is 31.5 Å². The monoisotopic (exact) mass is 304 g/mol. The van der Waals surface area contributed by atoms with Crippen molar-refractivity contribution in [1.82, 2.24) is 9.97 Å². The number of hydrogen-bond acceptors (Lipinski definition) is 4. The second-order valence-corrected chi connectivity index (χ2v) is 5.05. The quantitative estimate of drug-likeness (QED) is 0.922. The van der Waals surface area contributed by atoms with Crippen molar-refractivity contribution in [1.29, 1.82) is 0 Å². The number of carbonyl (C=O) groups is 1. The molecule has 1 unspecified atom stereocenters. The molecule has 110 valence electrons. The van der Waals surface area contributed by atoms with Gasteiger partial charge in [-0.3, -0.25) is 9.78 Å². The summed E-state index contributed by atoms with van der Waals surface area (Å²) in [7, 11) is 0. The maximum Gasteiger partial charge on any atom is 0.250 e. The molecule has 0 radical (unpaired) electrons. The van der Waals surface area contributed by atoms with Crippen molar-refractivity contribution in [2.24, 2.45) is 5.73 Å². The molecule has 0 aromatic carbocycles. The number of primary amides is 1. The topological polar surface area (TPSA) is 72.1 Å². The lowest BCUT2D eigenvalue weighted by Crippen LogP contribution is -2.28. The molecule has 0 aliphatic heterocycles. The molecule has 1 atom stereocenters. The lowest BCUT2D eigenvalue weighted by molar-refractivity contribution is 0.1000. The predicted molar refractivity (Wildman–Crippen MR) is 83.4 cm³/mol. The van der Waals surface area contributed by atoms with Crippen LogP contribution in [0.4, 0.5) is 5.82 Å². The van der Waals surface area contributed by atoms with Gasteiger partial charge in [-0.15, -0.1) is 0 Å². The minimum Gasteiger partial charge on any atom is -0.366 e. The summed E-state index contributed by atoms with van der Waals surface area (Å²) in [6.07, 6.45) is 5.00. The number of amides is 1. The molecule has 6 heteroatoms. The Morgan fingerprint density at radius 3 is 2.76 bits per heavy atom. The first kappa shape index (κ1) is 15.3. The molecule has 21 heavy (non-hydrogen) atoms. The van der Waals surface area contributed by atoms with Crippen LogP contribution in [-0.2, 0) is 0 Å². The fourth-order valence-electron chi connectivity index (χ4n) is 2.19. The van der Waals surface area contributed by atoms with Crippen molar-refractivity contribution >= 4 is 23.3 Å². The van der Waals surface area contributed by atoms with E-state index < -0.39 is 5.91 Å². The Morgan fingerprint density at radius 2 is 2.24 bits per heavy atom. The van der Waals surface area contributed by atoms with Gasteiger partial charge in [0.1, 0.15) is 5.82 Å². The average Bonchev–Trinajstić information content (AvgIpc) is 2.50. The summed E-state index contributed by atoms with van der Waals surface area (Å²) in [5.74, 6) is 0.0832. The molecular weight excluding hydrogens is 288 g/mol. The van der Waals surface area contributed by atoms with Crippen LogP contribution in [0.3, 0.4) is 0 Å². The van der Waals surface area contributed by atoms with Gasteiger partial charge >= 0.3 is 0 Å². The van der Waals surface area contributed by atoms with Crippen LogP contribution in [0, 0.1) is 0 Å². The highest BCUT2D eigenvalue weighted by Gasteiger charge is 2.19. The molecule has 5 nitrogen and oxygen atoms in total. The van der Waals surface area contributed by atoms with Crippen molar-refractivity contribution in [2.75, 3.05) is 11.4 Å². The molecule has 1 amide bonds. The first-order chi connectivity index (χ1) is 10.0. The zero-order valence-corrected chi connectivity index (χ0v) is 12.7. The number of hydrogen-bond donors (Lipinski definition) is 1. The molecular formula is C15H17ClN4O. The zero-order chi connectivity index (χ0) is 15.4. The summed E-state index contributed by atoms with van der Waals surface area (Å²) in [6.45, 7) is 4.80. The fraction of sp³-hybridized carbons (Fsp3) is 0.267. The average molecular weight is 305 g/mol. The zero-order valence-electron chi connectivity index (χ0n) is 12.0. The predicted octanol–water partition coefficient (Wildman–Crippen LogP) is 2.82. The number of pyridine rings is 2. The van der Waals surface area contributed by atoms with Gasteiger partial charge in [0.15, 0.2) is 0 Å². The van der Waals surface area contributed by atoms with E-state index in [2.05, 4.69) is 16.9 Å². The first-order valence-corrected chi connectivity index (χ1v) is 7.04. The summed E-state index contributed by atoms with van der Waals surface area (Å²) in [5.41, 5.74) is 6.60. The van der Waals surface area contributed by atoms with Gasteiger partial charge in [0.05, 0.1) is 16.6 Å². The molecule has 2 aromatic rings. The number of halogens is 1. The van der Waals surface area contributed by atoms with Crippen LogP contribution in [0.1, 0.15) is 35.8 Å². The van der Waals surface area contributed by atoms with Crippen LogP contribution in [0.25, 0.3) is 0 Å². The Hall–Kier alpha value is -2.14. The minimum absolute atomic E-state index is 0.0631. The van der Waals surface area contributed by atoms with Gasteiger partial charge in [0.2, 0.25) is 5.91 Å². The third-order valence-electron chi connectivity index (χ3n) is 3.35. The van der Waals surface area contributed by atoms with E-state index in [0.717, 1.165) is 12.1 Å². The second kappa shape index (κ2) is 6.54. The summed E-state index contributed by atoms with van der Waals surface area (Å²) >= 11 is 6.25. The number of aromatic nitrogens is 2. The molecule has 0 aliphatic rings. The first-order valence-electron chi connectivity index (χ1n) is 6.66. The van der Waals surface area contributed by atoms with Crippen molar-refractivity contribution in [2.45, 2.75) is 19.9 Å². The van der Waals surface area contributed by atoms with E-state index in [4.69, 9.17) is 17.3 Å². The van der Waals surface area contributed by atoms with E-state index in [-0.39, 0.29) is 6.04 Å². The number of nitrogens with zero attached hydrogens (tertiary/aromatic N) is 3. The molecule has 0 bridgehead atoms. The Labute approximate surface area is 128 Å². The molecule has 2 aromatic heterocycles. The molecule has 2 N–H and O–H groups in total. The van der Waals surface area contributed by atoms with Crippen molar-refractivity contribution < 1.29 is 4.79 Å². The SMILES string of the molecule is CCN(c1ncc(C(N)=O)cc1Cl)C(C)c1cccnc1. The highest BCUT2D eigenvalue weighted by atomic mass is 35.5. The van der Waals surface area contributed by atoms with E-state index in [1.54, 1.807) is 12.3 Å². The van der Waals surface area contributed by atoms with Gasteiger partial charge in [-0.25, -0.2) is 4.98 Å². The summed E-state index contributed by atoms with van der Waals surface area (Å²) in [6, 6.07) is 5.51. The standard InChI is InChI=1S/C15H17ClN4O/c1-3-20(10(2)11-5-4-6-18-8-11)15-13(16)7-12(9-19-15)14(17)21/h4-10H,3H2,1-2H3,(H2,17,21). The number of carbonyl (C=O) groups excluding carboxylic acids is 1. The van der Waals surface area contributed by atoms with Gasteiger partial charge in [0.25, 0.3) is 0 Å². The number of anilines is 1. The highest BCUT2D eigenvalue weighted by Crippen LogP contribution is 2.30. The van der Waals surface area contributed by atoms with Gasteiger partial charge < -0.3 is 10.6 Å². The lowest BCUT2D eigenvalue weighted by Gasteiger charge is -2.30. The molecule has 2 rings (SSSR count). The second-order valence-electron chi connectivity index (χ2n) is 4.64. The van der Waals surface area contributed by atoms with Crippen molar-refractivity contribution in [3.05, 3.63) is 52.9 Å². The Bertz CT molecular complexity index is 633. The van der Waals surface area contributed by atoms with Crippen molar-refractivity contribution in [3.63, 3.8) is 0 Å². The Balaban J connectivity index is 2.35. The number of rotatable bonds is 5. The molecule has 0 saturated carbocycles. The molecule has 0 spiro atoms. The van der Waals surface area contributed by atoms with Crippen LogP contribution in [-0.4, -0.2) is 22.4 Å². The van der Waals surface area contributed by atoms with E-state index in [9.17, 15) is 4.79 Å². The third kappa shape index (κ3) is 3.31. The summed E-state index contributed by atoms with van der Waals surface area (Å²) in [4.78, 5) is 21.6. The maximum absolute atomic E-state index is 11.2. The molecule has 0 fully saturated rings. The number of nitrogens with two attached hydrogens (primary N) is 1. The van der Waals surface area contributed by atoms with E-state index in [1.165, 1.54) is 6.20 Å². The third-order valence-corrected chi connectivity index (χ3v) is 3.63. The van der Waals surface area contributed by atoms with Gasteiger partial charge in [-0.1, -0.05) is 17.7 Å². The van der Waals surface area contributed by atoms with Crippen LogP contribution in [0.5, 0.6) is 0 Å². The minimum atomic E-state index is -0.542. The van der Waals surface area contributed by atoms with E-state index in [1.807, 2.05) is 30.2 Å².